The lowest BCUT2D eigenvalue weighted by Gasteiger charge is -2.10. The van der Waals surface area contributed by atoms with Gasteiger partial charge in [0.25, 0.3) is 0 Å². The molecule has 2 atom stereocenters. The molecule has 1 fully saturated rings. The molecule has 2 aromatic carbocycles. The molecule has 0 bridgehead atoms. The minimum atomic E-state index is -0.316. The monoisotopic (exact) mass is 386 g/mol. The number of methoxy groups -OCH3 is 2. The highest BCUT2D eigenvalue weighted by molar-refractivity contribution is 5.92. The average molecular weight is 386 g/mol. The summed E-state index contributed by atoms with van der Waals surface area (Å²) in [6.07, 6.45) is 0.535. The van der Waals surface area contributed by atoms with Crippen LogP contribution in [0, 0.1) is 17.7 Å². The molecule has 2 aromatic rings. The third-order valence-corrected chi connectivity index (χ3v) is 4.76. The van der Waals surface area contributed by atoms with Crippen LogP contribution in [0.3, 0.4) is 0 Å². The second-order valence-corrected chi connectivity index (χ2v) is 6.70. The fourth-order valence-electron chi connectivity index (χ4n) is 3.01. The minimum absolute atomic E-state index is 0.142. The number of benzene rings is 2. The Balaban J connectivity index is 1.45. The van der Waals surface area contributed by atoms with Gasteiger partial charge in [0, 0.05) is 13.1 Å². The number of nitrogens with one attached hydrogen (secondary N) is 2. The first-order valence-electron chi connectivity index (χ1n) is 9.02. The molecule has 2 amide bonds. The third-order valence-electron chi connectivity index (χ3n) is 4.76. The van der Waals surface area contributed by atoms with Gasteiger partial charge in [0.05, 0.1) is 26.1 Å². The van der Waals surface area contributed by atoms with Gasteiger partial charge in [0.1, 0.15) is 5.82 Å². The smallest absolute Gasteiger partial charge is 0.224 e. The van der Waals surface area contributed by atoms with E-state index in [0.717, 1.165) is 11.1 Å². The Labute approximate surface area is 163 Å². The highest BCUT2D eigenvalue weighted by atomic mass is 19.1. The summed E-state index contributed by atoms with van der Waals surface area (Å²) in [6.45, 7) is 0.662. The Morgan fingerprint density at radius 2 is 1.43 bits per heavy atom. The van der Waals surface area contributed by atoms with Crippen molar-refractivity contribution in [2.45, 2.75) is 19.5 Å². The fourth-order valence-corrected chi connectivity index (χ4v) is 3.01. The minimum Gasteiger partial charge on any atom is -0.493 e. The normalized spacial score (nSPS) is 17.5. The number of rotatable bonds is 8. The van der Waals surface area contributed by atoms with Crippen LogP contribution in [0.1, 0.15) is 17.5 Å². The van der Waals surface area contributed by atoms with Crippen LogP contribution in [0.2, 0.25) is 0 Å². The zero-order chi connectivity index (χ0) is 20.1. The molecule has 6 nitrogen and oxygen atoms in total. The van der Waals surface area contributed by atoms with Crippen molar-refractivity contribution in [2.24, 2.45) is 11.8 Å². The standard InChI is InChI=1S/C21H23FN2O4/c1-27-18-8-5-14(9-19(18)28-2)12-24-21(26)17-10-16(17)20(25)23-11-13-3-6-15(22)7-4-13/h3-9,16-17H,10-12H2,1-2H3,(H,23,25)(H,24,26). The summed E-state index contributed by atoms with van der Waals surface area (Å²) in [4.78, 5) is 24.5. The zero-order valence-electron chi connectivity index (χ0n) is 15.8. The van der Waals surface area contributed by atoms with Crippen LogP contribution in [0.15, 0.2) is 42.5 Å². The molecule has 2 N–H and O–H groups in total. The van der Waals surface area contributed by atoms with Crippen LogP contribution >= 0.6 is 0 Å². The first-order chi connectivity index (χ1) is 13.5. The van der Waals surface area contributed by atoms with E-state index in [4.69, 9.17) is 9.47 Å². The quantitative estimate of drug-likeness (QED) is 0.731. The highest BCUT2D eigenvalue weighted by Gasteiger charge is 2.47. The van der Waals surface area contributed by atoms with E-state index in [1.807, 2.05) is 6.07 Å². The molecule has 28 heavy (non-hydrogen) atoms. The Bertz CT molecular complexity index is 854. The lowest BCUT2D eigenvalue weighted by atomic mass is 10.2. The maximum absolute atomic E-state index is 12.9. The fraction of sp³-hybridized carbons (Fsp3) is 0.333. The molecule has 7 heteroatoms. The molecule has 0 radical (unpaired) electrons. The van der Waals surface area contributed by atoms with E-state index < -0.39 is 0 Å². The second kappa shape index (κ2) is 8.73. The van der Waals surface area contributed by atoms with E-state index in [1.54, 1.807) is 38.5 Å². The summed E-state index contributed by atoms with van der Waals surface area (Å²) < 4.78 is 23.3. The number of hydrogen-bond donors (Lipinski definition) is 2. The van der Waals surface area contributed by atoms with Crippen molar-refractivity contribution in [3.05, 3.63) is 59.4 Å². The van der Waals surface area contributed by atoms with Crippen LogP contribution in [0.25, 0.3) is 0 Å². The predicted molar refractivity (Wildman–Crippen MR) is 101 cm³/mol. The number of ether oxygens (including phenoxy) is 2. The van der Waals surface area contributed by atoms with Crippen molar-refractivity contribution in [3.8, 4) is 11.5 Å². The van der Waals surface area contributed by atoms with Crippen LogP contribution in [-0.4, -0.2) is 26.0 Å². The molecule has 1 aliphatic carbocycles. The Morgan fingerprint density at radius 1 is 0.893 bits per heavy atom. The van der Waals surface area contributed by atoms with E-state index in [-0.39, 0.29) is 29.5 Å². The van der Waals surface area contributed by atoms with Gasteiger partial charge in [-0.15, -0.1) is 0 Å². The van der Waals surface area contributed by atoms with Gasteiger partial charge < -0.3 is 20.1 Å². The summed E-state index contributed by atoms with van der Waals surface area (Å²) in [6, 6.07) is 11.4. The number of carbonyl (C=O) groups excluding carboxylic acids is 2. The van der Waals surface area contributed by atoms with E-state index in [9.17, 15) is 14.0 Å². The van der Waals surface area contributed by atoms with Gasteiger partial charge in [-0.1, -0.05) is 18.2 Å². The molecule has 0 aliphatic heterocycles. The van der Waals surface area contributed by atoms with Gasteiger partial charge in [-0.2, -0.15) is 0 Å². The van der Waals surface area contributed by atoms with E-state index in [2.05, 4.69) is 10.6 Å². The lowest BCUT2D eigenvalue weighted by Crippen LogP contribution is -2.29. The number of carbonyl (C=O) groups is 2. The van der Waals surface area contributed by atoms with Crippen LogP contribution in [-0.2, 0) is 22.7 Å². The van der Waals surface area contributed by atoms with E-state index in [1.165, 1.54) is 12.1 Å². The Morgan fingerprint density at radius 3 is 2.00 bits per heavy atom. The molecular weight excluding hydrogens is 363 g/mol. The maximum atomic E-state index is 12.9. The first kappa shape index (κ1) is 19.7. The van der Waals surface area contributed by atoms with Gasteiger partial charge >= 0.3 is 0 Å². The van der Waals surface area contributed by atoms with Crippen molar-refractivity contribution in [3.63, 3.8) is 0 Å². The van der Waals surface area contributed by atoms with Crippen LogP contribution in [0.5, 0.6) is 11.5 Å². The molecule has 1 aliphatic rings. The van der Waals surface area contributed by atoms with Gasteiger partial charge in [0.15, 0.2) is 11.5 Å². The van der Waals surface area contributed by atoms with Crippen molar-refractivity contribution in [1.29, 1.82) is 0 Å². The highest BCUT2D eigenvalue weighted by Crippen LogP contribution is 2.39. The SMILES string of the molecule is COc1ccc(CNC(=O)C2CC2C(=O)NCc2ccc(F)cc2)cc1OC. The van der Waals surface area contributed by atoms with Crippen molar-refractivity contribution in [1.82, 2.24) is 10.6 Å². The van der Waals surface area contributed by atoms with Crippen molar-refractivity contribution in [2.75, 3.05) is 14.2 Å². The summed E-state index contributed by atoms with van der Waals surface area (Å²) in [5.74, 6) is -0.0219. The predicted octanol–water partition coefficient (Wildman–Crippen LogP) is 2.41. The average Bonchev–Trinajstić information content (AvgIpc) is 3.52. The van der Waals surface area contributed by atoms with Gasteiger partial charge in [0.2, 0.25) is 11.8 Å². The lowest BCUT2D eigenvalue weighted by molar-refractivity contribution is -0.127. The largest absolute Gasteiger partial charge is 0.493 e. The summed E-state index contributed by atoms with van der Waals surface area (Å²) in [5, 5.41) is 5.65. The van der Waals surface area contributed by atoms with Crippen molar-refractivity contribution >= 4 is 11.8 Å². The topological polar surface area (TPSA) is 76.7 Å². The van der Waals surface area contributed by atoms with Crippen LogP contribution in [0.4, 0.5) is 4.39 Å². The van der Waals surface area contributed by atoms with Crippen molar-refractivity contribution < 1.29 is 23.5 Å². The van der Waals surface area contributed by atoms with Crippen LogP contribution < -0.4 is 20.1 Å². The first-order valence-corrected chi connectivity index (χ1v) is 9.02. The molecule has 148 valence electrons. The summed E-state index contributed by atoms with van der Waals surface area (Å²) in [7, 11) is 3.12. The van der Waals surface area contributed by atoms with E-state index in [0.29, 0.717) is 31.0 Å². The number of hydrogen-bond acceptors (Lipinski definition) is 4. The summed E-state index contributed by atoms with van der Waals surface area (Å²) >= 11 is 0. The molecule has 0 spiro atoms. The number of amides is 2. The molecule has 3 rings (SSSR count). The number of halogens is 1. The summed E-state index contributed by atoms with van der Waals surface area (Å²) in [5.41, 5.74) is 1.69. The Hall–Kier alpha value is -3.09. The zero-order valence-corrected chi connectivity index (χ0v) is 15.8. The molecule has 2 unspecified atom stereocenters. The maximum Gasteiger partial charge on any atom is 0.224 e. The molecule has 0 aromatic heterocycles. The third kappa shape index (κ3) is 4.79. The van der Waals surface area contributed by atoms with Gasteiger partial charge in [-0.3, -0.25) is 9.59 Å². The molecule has 0 saturated heterocycles. The van der Waals surface area contributed by atoms with Gasteiger partial charge in [-0.25, -0.2) is 4.39 Å². The Kier molecular flexibility index (Phi) is 6.13. The molecule has 0 heterocycles. The molecule has 1 saturated carbocycles. The second-order valence-electron chi connectivity index (χ2n) is 6.70. The van der Waals surface area contributed by atoms with Gasteiger partial charge in [-0.05, 0) is 41.8 Å². The molecular formula is C21H23FN2O4. The van der Waals surface area contributed by atoms with E-state index >= 15 is 0 Å².